The molecule has 6 heteroatoms. The molecular weight excluding hydrogens is 160 g/mol. The highest BCUT2D eigenvalue weighted by Crippen LogP contribution is 2.04. The van der Waals surface area contributed by atoms with Crippen molar-refractivity contribution < 1.29 is 0 Å². The fraction of sp³-hybridized carbons (Fsp3) is 0.333. The summed E-state index contributed by atoms with van der Waals surface area (Å²) in [4.78, 5) is 22.1. The Hall–Kier alpha value is -1.72. The Morgan fingerprint density at radius 1 is 1.25 bits per heavy atom. The van der Waals surface area contributed by atoms with Gasteiger partial charge in [-0.1, -0.05) is 0 Å². The Morgan fingerprint density at radius 3 is 2.25 bits per heavy atom. The minimum atomic E-state index is -0.782. The quantitative estimate of drug-likeness (QED) is 0.503. The van der Waals surface area contributed by atoms with E-state index in [0.29, 0.717) is 0 Å². The highest BCUT2D eigenvalue weighted by Gasteiger charge is 2.10. The third kappa shape index (κ3) is 0.884. The van der Waals surface area contributed by atoms with Gasteiger partial charge in [0, 0.05) is 14.1 Å². The molecule has 0 aliphatic carbocycles. The van der Waals surface area contributed by atoms with E-state index in [-0.39, 0.29) is 5.82 Å². The van der Waals surface area contributed by atoms with Crippen LogP contribution in [0.3, 0.4) is 0 Å². The Morgan fingerprint density at radius 2 is 1.75 bits per heavy atom. The number of nitrogens with zero attached hydrogens (tertiary/aromatic N) is 3. The number of hydrogen-bond acceptors (Lipinski definition) is 3. The van der Waals surface area contributed by atoms with Crippen molar-refractivity contribution in [2.75, 3.05) is 5.73 Å². The van der Waals surface area contributed by atoms with Crippen LogP contribution in [0, 0.1) is 0 Å². The molecule has 1 rings (SSSR count). The van der Waals surface area contributed by atoms with Gasteiger partial charge in [0.05, 0.1) is 0 Å². The molecule has 0 aliphatic heterocycles. The fourth-order valence-corrected chi connectivity index (χ4v) is 0.842. The second-order valence-corrected chi connectivity index (χ2v) is 2.44. The molecule has 0 bridgehead atoms. The molecule has 64 valence electrons. The van der Waals surface area contributed by atoms with Crippen LogP contribution < -0.4 is 22.7 Å². The van der Waals surface area contributed by atoms with Crippen LogP contribution in [0.25, 0.3) is 0 Å². The topological polar surface area (TPSA) is 92.3 Å². The zero-order valence-electron chi connectivity index (χ0n) is 6.74. The molecule has 0 fully saturated rings. The second kappa shape index (κ2) is 2.40. The maximum absolute atomic E-state index is 11.1. The zero-order valence-corrected chi connectivity index (χ0v) is 6.74. The summed E-state index contributed by atoms with van der Waals surface area (Å²) in [5.41, 5.74) is 12.4. The predicted octanol–water partition coefficient (Wildman–Crippen LogP) is -1.63. The van der Waals surface area contributed by atoms with E-state index in [1.807, 2.05) is 0 Å². The summed E-state index contributed by atoms with van der Waals surface area (Å²) < 4.78 is 1.78. The molecule has 0 saturated carbocycles. The van der Waals surface area contributed by atoms with Crippen molar-refractivity contribution in [2.24, 2.45) is 14.1 Å². The Balaban J connectivity index is 3.86. The summed E-state index contributed by atoms with van der Waals surface area (Å²) in [5.74, 6) is -0.219. The first-order valence-corrected chi connectivity index (χ1v) is 3.21. The van der Waals surface area contributed by atoms with Crippen molar-refractivity contribution in [3.8, 4) is 0 Å². The molecule has 0 unspecified atom stereocenters. The van der Waals surface area contributed by atoms with Gasteiger partial charge in [-0.2, -0.15) is 0 Å². The van der Waals surface area contributed by atoms with Crippen LogP contribution >= 0.6 is 0 Å². The molecule has 0 aromatic carbocycles. The van der Waals surface area contributed by atoms with Gasteiger partial charge in [0.15, 0.2) is 5.69 Å². The fourth-order valence-electron chi connectivity index (χ4n) is 0.842. The van der Waals surface area contributed by atoms with E-state index in [2.05, 4.69) is 0 Å². The average molecular weight is 168 g/mol. The number of hydrogen-bond donors (Lipinski definition) is 1. The molecule has 1 aromatic heterocycles. The van der Waals surface area contributed by atoms with Gasteiger partial charge in [-0.05, 0) is 0 Å². The first-order valence-electron chi connectivity index (χ1n) is 3.21. The van der Waals surface area contributed by atoms with Gasteiger partial charge in [-0.3, -0.25) is 13.9 Å². The standard InChI is InChI=1S/C6H8N4O2/c1-9-4(8)3(7)5(11)10(2)6(9)12/h8H2,1-2H3. The summed E-state index contributed by atoms with van der Waals surface area (Å²) in [6.07, 6.45) is 0. The van der Waals surface area contributed by atoms with Crippen LogP contribution in [-0.4, -0.2) is 9.13 Å². The molecule has 2 radical (unpaired) electrons. The third-order valence-corrected chi connectivity index (χ3v) is 1.69. The van der Waals surface area contributed by atoms with Crippen LogP contribution in [0.2, 0.25) is 0 Å². The molecule has 1 heterocycles. The van der Waals surface area contributed by atoms with Crippen molar-refractivity contribution in [3.63, 3.8) is 0 Å². The van der Waals surface area contributed by atoms with E-state index < -0.39 is 16.9 Å². The smallest absolute Gasteiger partial charge is 0.332 e. The number of nitrogens with two attached hydrogens (primary N) is 1. The Kier molecular flexibility index (Phi) is 1.68. The van der Waals surface area contributed by atoms with E-state index in [0.717, 1.165) is 9.13 Å². The number of aromatic nitrogens is 2. The van der Waals surface area contributed by atoms with Crippen LogP contribution in [0.15, 0.2) is 9.59 Å². The molecule has 12 heavy (non-hydrogen) atoms. The summed E-state index contributed by atoms with van der Waals surface area (Å²) in [6, 6.07) is 0. The number of nitrogen functional groups attached to an aromatic ring is 1. The normalized spacial score (nSPS) is 10.2. The highest BCUT2D eigenvalue weighted by molar-refractivity contribution is 5.53. The maximum Gasteiger partial charge on any atom is 0.332 e. The van der Waals surface area contributed by atoms with Gasteiger partial charge in [-0.15, -0.1) is 5.73 Å². The molecular formula is C6H8N4O2. The maximum atomic E-state index is 11.1. The molecule has 0 amide bonds. The van der Waals surface area contributed by atoms with Gasteiger partial charge >= 0.3 is 5.69 Å². The van der Waals surface area contributed by atoms with Crippen molar-refractivity contribution in [1.82, 2.24) is 14.9 Å². The van der Waals surface area contributed by atoms with Crippen LogP contribution in [0.4, 0.5) is 11.5 Å². The van der Waals surface area contributed by atoms with Crippen LogP contribution in [-0.2, 0) is 14.1 Å². The lowest BCUT2D eigenvalue weighted by Gasteiger charge is -2.05. The third-order valence-electron chi connectivity index (χ3n) is 1.69. The van der Waals surface area contributed by atoms with E-state index in [1.54, 1.807) is 0 Å². The molecule has 6 nitrogen and oxygen atoms in total. The van der Waals surface area contributed by atoms with Gasteiger partial charge in [0.2, 0.25) is 0 Å². The monoisotopic (exact) mass is 168 g/mol. The van der Waals surface area contributed by atoms with Crippen molar-refractivity contribution >= 4 is 11.5 Å². The lowest BCUT2D eigenvalue weighted by atomic mass is 10.4. The molecule has 0 saturated heterocycles. The summed E-state index contributed by atoms with van der Waals surface area (Å²) in [7, 11) is 2.64. The summed E-state index contributed by atoms with van der Waals surface area (Å²) in [6.45, 7) is 0. The lowest BCUT2D eigenvalue weighted by molar-refractivity contribution is 0.694. The lowest BCUT2D eigenvalue weighted by Crippen LogP contribution is -2.38. The average Bonchev–Trinajstić information content (AvgIpc) is 2.08. The second-order valence-electron chi connectivity index (χ2n) is 2.44. The van der Waals surface area contributed by atoms with E-state index in [1.165, 1.54) is 14.1 Å². The van der Waals surface area contributed by atoms with Gasteiger partial charge in [0.1, 0.15) is 5.82 Å². The van der Waals surface area contributed by atoms with Crippen molar-refractivity contribution in [1.29, 1.82) is 0 Å². The SMILES string of the molecule is Cn1c(N)c([N])c(=O)n(C)c1=O. The van der Waals surface area contributed by atoms with Gasteiger partial charge < -0.3 is 5.73 Å². The first kappa shape index (κ1) is 8.38. The Labute approximate surface area is 68.0 Å². The molecule has 2 N–H and O–H groups in total. The highest BCUT2D eigenvalue weighted by atomic mass is 16.2. The minimum Gasteiger partial charge on any atom is -0.383 e. The van der Waals surface area contributed by atoms with E-state index >= 15 is 0 Å². The minimum absolute atomic E-state index is 0.219. The summed E-state index contributed by atoms with van der Waals surface area (Å²) in [5, 5.41) is 0. The van der Waals surface area contributed by atoms with E-state index in [4.69, 9.17) is 11.5 Å². The van der Waals surface area contributed by atoms with Crippen LogP contribution in [0.5, 0.6) is 0 Å². The van der Waals surface area contributed by atoms with Crippen LogP contribution in [0.1, 0.15) is 0 Å². The van der Waals surface area contributed by atoms with Crippen molar-refractivity contribution in [3.05, 3.63) is 20.8 Å². The van der Waals surface area contributed by atoms with Crippen molar-refractivity contribution in [2.45, 2.75) is 0 Å². The first-order chi connectivity index (χ1) is 5.46. The molecule has 0 spiro atoms. The van der Waals surface area contributed by atoms with E-state index in [9.17, 15) is 9.59 Å². The predicted molar refractivity (Wildman–Crippen MR) is 43.1 cm³/mol. The number of anilines is 1. The number of rotatable bonds is 0. The molecule has 1 aromatic rings. The van der Waals surface area contributed by atoms with Gasteiger partial charge in [-0.25, -0.2) is 4.79 Å². The molecule has 0 atom stereocenters. The summed E-state index contributed by atoms with van der Waals surface area (Å²) >= 11 is 0. The largest absolute Gasteiger partial charge is 0.383 e. The van der Waals surface area contributed by atoms with Gasteiger partial charge in [0.25, 0.3) is 5.56 Å². The molecule has 0 aliphatic rings. The Bertz CT molecular complexity index is 391. The zero-order chi connectivity index (χ0) is 9.46.